The fourth-order valence-corrected chi connectivity index (χ4v) is 2.79. The monoisotopic (exact) mass is 369 g/mol. The van der Waals surface area contributed by atoms with E-state index in [-0.39, 0.29) is 11.6 Å². The van der Waals surface area contributed by atoms with Crippen molar-refractivity contribution in [3.05, 3.63) is 88.0 Å². The molecule has 27 heavy (non-hydrogen) atoms. The van der Waals surface area contributed by atoms with Gasteiger partial charge in [-0.3, -0.25) is 10.1 Å². The van der Waals surface area contributed by atoms with E-state index in [1.807, 2.05) is 30.3 Å². The summed E-state index contributed by atoms with van der Waals surface area (Å²) in [4.78, 5) is 22.0. The van der Waals surface area contributed by atoms with Gasteiger partial charge in [-0.1, -0.05) is 48.5 Å². The van der Waals surface area contributed by atoms with Crippen molar-refractivity contribution in [1.82, 2.24) is 0 Å². The van der Waals surface area contributed by atoms with E-state index in [1.165, 1.54) is 18.2 Å². The maximum absolute atomic E-state index is 11.6. The number of hydrogen-bond donors (Lipinski definition) is 1. The molecule has 1 N–H and O–H groups in total. The summed E-state index contributed by atoms with van der Waals surface area (Å²) in [6, 6.07) is 15.6. The first kappa shape index (κ1) is 20.3. The molecule has 0 heterocycles. The van der Waals surface area contributed by atoms with Crippen LogP contribution in [0.4, 0.5) is 5.69 Å². The first-order chi connectivity index (χ1) is 13.0. The van der Waals surface area contributed by atoms with Gasteiger partial charge in [-0.15, -0.1) is 0 Å². The first-order valence-corrected chi connectivity index (χ1v) is 8.81. The summed E-state index contributed by atoms with van der Waals surface area (Å²) in [6.07, 6.45) is 3.37. The summed E-state index contributed by atoms with van der Waals surface area (Å²) < 4.78 is 4.91. The average Bonchev–Trinajstić information content (AvgIpc) is 2.67. The summed E-state index contributed by atoms with van der Waals surface area (Å²) in [5.41, 5.74) is 1.72. The third kappa shape index (κ3) is 6.67. The first-order valence-electron chi connectivity index (χ1n) is 8.81. The van der Waals surface area contributed by atoms with Gasteiger partial charge in [-0.2, -0.15) is 0 Å². The summed E-state index contributed by atoms with van der Waals surface area (Å²) in [7, 11) is 0. The van der Waals surface area contributed by atoms with Crippen molar-refractivity contribution in [3.8, 4) is 0 Å². The Balaban J connectivity index is 2.13. The Morgan fingerprint density at radius 1 is 1.19 bits per heavy atom. The Morgan fingerprint density at radius 3 is 2.44 bits per heavy atom. The highest BCUT2D eigenvalue weighted by Crippen LogP contribution is 2.25. The summed E-state index contributed by atoms with van der Waals surface area (Å²) >= 11 is 0. The molecule has 2 rings (SSSR count). The number of ether oxygens (including phenoxy) is 1. The summed E-state index contributed by atoms with van der Waals surface area (Å²) in [5, 5.41) is 21.3. The van der Waals surface area contributed by atoms with E-state index < -0.39 is 17.0 Å². The lowest BCUT2D eigenvalue weighted by atomic mass is 9.91. The molecule has 0 fully saturated rings. The topological polar surface area (TPSA) is 89.7 Å². The zero-order valence-corrected chi connectivity index (χ0v) is 15.2. The molecule has 2 atom stereocenters. The van der Waals surface area contributed by atoms with E-state index >= 15 is 0 Å². The normalized spacial score (nSPS) is 13.3. The Kier molecular flexibility index (Phi) is 7.70. The predicted octanol–water partition coefficient (Wildman–Crippen LogP) is 4.00. The largest absolute Gasteiger partial charge is 0.463 e. The highest BCUT2D eigenvalue weighted by molar-refractivity contribution is 5.81. The van der Waals surface area contributed by atoms with Crippen molar-refractivity contribution in [1.29, 1.82) is 0 Å². The molecule has 2 aromatic rings. The van der Waals surface area contributed by atoms with Crippen molar-refractivity contribution >= 4 is 11.7 Å². The van der Waals surface area contributed by atoms with Crippen LogP contribution in [0.5, 0.6) is 0 Å². The van der Waals surface area contributed by atoms with Crippen LogP contribution in [-0.4, -0.2) is 22.6 Å². The minimum atomic E-state index is -0.680. The van der Waals surface area contributed by atoms with Crippen molar-refractivity contribution in [3.63, 3.8) is 0 Å². The Labute approximate surface area is 158 Å². The lowest BCUT2D eigenvalue weighted by Gasteiger charge is -2.18. The molecule has 0 spiro atoms. The van der Waals surface area contributed by atoms with E-state index in [9.17, 15) is 20.0 Å². The van der Waals surface area contributed by atoms with E-state index in [1.54, 1.807) is 25.1 Å². The second kappa shape index (κ2) is 10.2. The molecule has 0 bridgehead atoms. The molecule has 0 radical (unpaired) electrons. The van der Waals surface area contributed by atoms with Crippen molar-refractivity contribution in [2.45, 2.75) is 25.9 Å². The van der Waals surface area contributed by atoms with Crippen LogP contribution in [0.25, 0.3) is 0 Å². The maximum Gasteiger partial charge on any atom is 0.330 e. The van der Waals surface area contributed by atoms with Gasteiger partial charge in [-0.05, 0) is 36.8 Å². The molecule has 142 valence electrons. The lowest BCUT2D eigenvalue weighted by Crippen LogP contribution is -2.10. The van der Waals surface area contributed by atoms with Crippen molar-refractivity contribution in [2.75, 3.05) is 6.61 Å². The van der Waals surface area contributed by atoms with E-state index in [0.717, 1.165) is 11.1 Å². The number of nitrogens with zero attached hydrogens (tertiary/aromatic N) is 1. The number of aliphatic hydroxyl groups excluding tert-OH is 1. The van der Waals surface area contributed by atoms with Gasteiger partial charge in [0.15, 0.2) is 0 Å². The fourth-order valence-electron chi connectivity index (χ4n) is 2.79. The number of allylic oxidation sites excluding steroid dienone is 1. The van der Waals surface area contributed by atoms with Crippen LogP contribution < -0.4 is 0 Å². The van der Waals surface area contributed by atoms with Gasteiger partial charge in [0.1, 0.15) is 0 Å². The number of rotatable bonds is 9. The van der Waals surface area contributed by atoms with Gasteiger partial charge in [-0.25, -0.2) is 4.79 Å². The van der Waals surface area contributed by atoms with Gasteiger partial charge >= 0.3 is 5.97 Å². The molecule has 0 unspecified atom stereocenters. The smallest absolute Gasteiger partial charge is 0.330 e. The molecular weight excluding hydrogens is 346 g/mol. The standard InChI is InChI=1S/C21H23NO5/c1-2-27-21(24)13-10-17(15-20(23)18-6-4-3-5-7-18)14-16-8-11-19(12-9-16)22(25)26/h3-13,17,20,23H,2,14-15H2,1H3/b13-10+/t17-,20+/m1/s1. The second-order valence-electron chi connectivity index (χ2n) is 6.16. The van der Waals surface area contributed by atoms with Gasteiger partial charge < -0.3 is 9.84 Å². The Morgan fingerprint density at radius 2 is 1.85 bits per heavy atom. The zero-order valence-electron chi connectivity index (χ0n) is 15.2. The quantitative estimate of drug-likeness (QED) is 0.312. The maximum atomic E-state index is 11.6. The van der Waals surface area contributed by atoms with Crippen LogP contribution in [0.2, 0.25) is 0 Å². The van der Waals surface area contributed by atoms with E-state index in [0.29, 0.717) is 19.4 Å². The van der Waals surface area contributed by atoms with Crippen LogP contribution in [0.3, 0.4) is 0 Å². The van der Waals surface area contributed by atoms with E-state index in [2.05, 4.69) is 0 Å². The number of carbonyl (C=O) groups is 1. The van der Waals surface area contributed by atoms with E-state index in [4.69, 9.17) is 4.74 Å². The Bertz CT molecular complexity index is 771. The van der Waals surface area contributed by atoms with Crippen LogP contribution in [0.15, 0.2) is 66.7 Å². The van der Waals surface area contributed by atoms with Gasteiger partial charge in [0.05, 0.1) is 17.6 Å². The molecule has 6 nitrogen and oxygen atoms in total. The second-order valence-corrected chi connectivity index (χ2v) is 6.16. The number of non-ortho nitro benzene ring substituents is 1. The van der Waals surface area contributed by atoms with Gasteiger partial charge in [0.2, 0.25) is 0 Å². The lowest BCUT2D eigenvalue weighted by molar-refractivity contribution is -0.384. The molecule has 0 amide bonds. The molecule has 0 aliphatic heterocycles. The number of benzene rings is 2. The molecule has 0 aliphatic carbocycles. The predicted molar refractivity (Wildman–Crippen MR) is 102 cm³/mol. The molecule has 0 saturated heterocycles. The highest BCUT2D eigenvalue weighted by atomic mass is 16.6. The minimum absolute atomic E-state index is 0.0293. The molecule has 6 heteroatoms. The summed E-state index contributed by atoms with van der Waals surface area (Å²) in [5.74, 6) is -0.563. The van der Waals surface area contributed by atoms with Crippen LogP contribution in [-0.2, 0) is 16.0 Å². The van der Waals surface area contributed by atoms with Crippen LogP contribution in [0.1, 0.15) is 30.6 Å². The zero-order chi connectivity index (χ0) is 19.6. The Hall–Kier alpha value is -2.99. The van der Waals surface area contributed by atoms with Gasteiger partial charge in [0.25, 0.3) is 5.69 Å². The summed E-state index contributed by atoms with van der Waals surface area (Å²) in [6.45, 7) is 2.03. The van der Waals surface area contributed by atoms with Crippen LogP contribution >= 0.6 is 0 Å². The number of esters is 1. The van der Waals surface area contributed by atoms with Crippen molar-refractivity contribution < 1.29 is 19.6 Å². The molecule has 0 saturated carbocycles. The number of carbonyl (C=O) groups excluding carboxylic acids is 1. The van der Waals surface area contributed by atoms with Gasteiger partial charge in [0, 0.05) is 18.2 Å². The highest BCUT2D eigenvalue weighted by Gasteiger charge is 2.16. The van der Waals surface area contributed by atoms with Crippen LogP contribution in [0, 0.1) is 16.0 Å². The number of hydrogen-bond acceptors (Lipinski definition) is 5. The van der Waals surface area contributed by atoms with Crippen molar-refractivity contribution in [2.24, 2.45) is 5.92 Å². The molecule has 0 aromatic heterocycles. The number of nitro groups is 1. The SMILES string of the molecule is CCOC(=O)/C=C/[C@H](Cc1ccc([N+](=O)[O-])cc1)C[C@H](O)c1ccccc1. The third-order valence-corrected chi connectivity index (χ3v) is 4.15. The fraction of sp³-hybridized carbons (Fsp3) is 0.286. The molecular formula is C21H23NO5. The minimum Gasteiger partial charge on any atom is -0.463 e. The average molecular weight is 369 g/mol. The third-order valence-electron chi connectivity index (χ3n) is 4.15. The number of nitro benzene ring substituents is 1. The molecule has 2 aromatic carbocycles. The number of aliphatic hydroxyl groups is 1. The molecule has 0 aliphatic rings.